The summed E-state index contributed by atoms with van der Waals surface area (Å²) in [7, 11) is 8.35. The third-order valence-electron chi connectivity index (χ3n) is 2.00. The van der Waals surface area contributed by atoms with Gasteiger partial charge in [-0.2, -0.15) is 0 Å². The van der Waals surface area contributed by atoms with Gasteiger partial charge in [-0.05, 0) is 45.9 Å². The van der Waals surface area contributed by atoms with Gasteiger partial charge in [0.25, 0.3) is 0 Å². The minimum atomic E-state index is 0.704. The lowest BCUT2D eigenvalue weighted by atomic mass is 10.3. The van der Waals surface area contributed by atoms with Crippen LogP contribution in [0.1, 0.15) is 0 Å². The van der Waals surface area contributed by atoms with Crippen molar-refractivity contribution in [2.24, 2.45) is 0 Å². The largest absolute Gasteiger partial charge is 0.496 e. The Bertz CT molecular complexity index is 448. The molecule has 0 fully saturated rings. The highest BCUT2D eigenvalue weighted by Crippen LogP contribution is 2.30. The van der Waals surface area contributed by atoms with Gasteiger partial charge in [0.1, 0.15) is 5.75 Å². The van der Waals surface area contributed by atoms with Gasteiger partial charge in [0.15, 0.2) is 0 Å². The number of rotatable bonds is 2. The fourth-order valence-electron chi connectivity index (χ4n) is 1.13. The van der Waals surface area contributed by atoms with Crippen molar-refractivity contribution in [1.82, 2.24) is 0 Å². The van der Waals surface area contributed by atoms with Gasteiger partial charge in [-0.1, -0.05) is 35.9 Å². The number of hydrogen-bond donors (Lipinski definition) is 1. The Morgan fingerprint density at radius 1 is 1.06 bits per heavy atom. The number of hydrogen-bond acceptors (Lipinski definition) is 3. The average molecular weight is 319 g/mol. The van der Waals surface area contributed by atoms with Crippen molar-refractivity contribution >= 4 is 45.9 Å². The second kappa shape index (κ2) is 8.59. The van der Waals surface area contributed by atoms with Crippen LogP contribution in [-0.2, 0) is 0 Å². The van der Waals surface area contributed by atoms with Crippen LogP contribution in [0.25, 0.3) is 0 Å². The third-order valence-corrected chi connectivity index (χ3v) is 3.86. The van der Waals surface area contributed by atoms with E-state index in [1.807, 2.05) is 48.5 Å². The quantitative estimate of drug-likeness (QED) is 0.725. The van der Waals surface area contributed by atoms with Gasteiger partial charge in [0.2, 0.25) is 0 Å². The van der Waals surface area contributed by atoms with Crippen LogP contribution in [0.15, 0.2) is 58.3 Å². The zero-order valence-corrected chi connectivity index (χ0v) is 12.9. The molecule has 0 aliphatic heterocycles. The molecule has 0 unspecified atom stereocenters. The first kappa shape index (κ1) is 15.6. The van der Waals surface area contributed by atoms with Crippen molar-refractivity contribution in [3.63, 3.8) is 0 Å². The molecule has 0 aliphatic carbocycles. The van der Waals surface area contributed by atoms with E-state index in [1.54, 1.807) is 7.11 Å². The van der Waals surface area contributed by atoms with Crippen LogP contribution in [0.5, 0.6) is 5.75 Å². The summed E-state index contributed by atoms with van der Waals surface area (Å²) in [6.07, 6.45) is 0. The lowest BCUT2D eigenvalue weighted by Gasteiger charge is -2.01. The summed E-state index contributed by atoms with van der Waals surface area (Å²) in [5.41, 5.74) is 0. The summed E-state index contributed by atoms with van der Waals surface area (Å²) in [5.74, 6) is 0.822. The molecular formula is C13H12Cl2OS2. The van der Waals surface area contributed by atoms with Crippen LogP contribution in [0, 0.1) is 0 Å². The predicted octanol–water partition coefficient (Wildman–Crippen LogP) is 5.57. The standard InChI is InChI=1S/C7H7ClOS.C6H5ClS/c1-9-6-4-2-3-5-7(6)10-8;7-5-3-1-2-4-6(5)8/h2-5H,1H3;1-4,8H. The number of methoxy groups -OCH3 is 1. The van der Waals surface area contributed by atoms with Gasteiger partial charge >= 0.3 is 0 Å². The van der Waals surface area contributed by atoms with Gasteiger partial charge in [-0.15, -0.1) is 12.6 Å². The van der Waals surface area contributed by atoms with E-state index in [0.717, 1.165) is 15.5 Å². The molecule has 0 heterocycles. The molecule has 0 aliphatic rings. The van der Waals surface area contributed by atoms with Crippen molar-refractivity contribution < 1.29 is 4.74 Å². The molecule has 0 amide bonds. The highest BCUT2D eigenvalue weighted by Gasteiger charge is 1.98. The SMILES string of the molecule is COc1ccccc1SCl.Sc1ccccc1Cl. The fourth-order valence-corrected chi connectivity index (χ4v) is 2.17. The molecule has 0 aromatic heterocycles. The molecule has 0 saturated heterocycles. The molecule has 5 heteroatoms. The van der Waals surface area contributed by atoms with E-state index in [2.05, 4.69) is 12.6 Å². The number of benzene rings is 2. The minimum absolute atomic E-state index is 0.704. The second-order valence-corrected chi connectivity index (χ2v) is 5.13. The molecule has 1 nitrogen and oxygen atoms in total. The minimum Gasteiger partial charge on any atom is -0.496 e. The van der Waals surface area contributed by atoms with Crippen molar-refractivity contribution in [2.45, 2.75) is 9.79 Å². The number of para-hydroxylation sites is 1. The van der Waals surface area contributed by atoms with Crippen molar-refractivity contribution in [3.05, 3.63) is 53.6 Å². The van der Waals surface area contributed by atoms with Gasteiger partial charge in [0.05, 0.1) is 17.0 Å². The molecule has 2 aromatic rings. The Labute approximate surface area is 126 Å². The molecule has 0 N–H and O–H groups in total. The zero-order chi connectivity index (χ0) is 13.4. The topological polar surface area (TPSA) is 9.23 Å². The van der Waals surface area contributed by atoms with Crippen LogP contribution in [0.3, 0.4) is 0 Å². The molecule has 0 bridgehead atoms. The lowest BCUT2D eigenvalue weighted by molar-refractivity contribution is 0.405. The van der Waals surface area contributed by atoms with E-state index >= 15 is 0 Å². The van der Waals surface area contributed by atoms with E-state index in [9.17, 15) is 0 Å². The van der Waals surface area contributed by atoms with Gasteiger partial charge < -0.3 is 4.74 Å². The van der Waals surface area contributed by atoms with Crippen LogP contribution >= 0.6 is 45.9 Å². The molecular weight excluding hydrogens is 307 g/mol. The number of ether oxygens (including phenoxy) is 1. The van der Waals surface area contributed by atoms with Crippen LogP contribution in [0.4, 0.5) is 0 Å². The first-order valence-corrected chi connectivity index (χ1v) is 7.51. The summed E-state index contributed by atoms with van der Waals surface area (Å²) in [6, 6.07) is 15.1. The summed E-state index contributed by atoms with van der Waals surface area (Å²) in [6.45, 7) is 0. The van der Waals surface area contributed by atoms with Crippen molar-refractivity contribution in [2.75, 3.05) is 7.11 Å². The monoisotopic (exact) mass is 318 g/mol. The van der Waals surface area contributed by atoms with E-state index in [-0.39, 0.29) is 0 Å². The molecule has 2 rings (SSSR count). The molecule has 0 atom stereocenters. The van der Waals surface area contributed by atoms with E-state index in [4.69, 9.17) is 27.0 Å². The Hall–Kier alpha value is -0.480. The molecule has 0 radical (unpaired) electrons. The summed E-state index contributed by atoms with van der Waals surface area (Å²) >= 11 is 9.70. The molecule has 18 heavy (non-hydrogen) atoms. The normalized spacial score (nSPS) is 9.33. The molecule has 2 aromatic carbocycles. The Balaban J connectivity index is 0.000000184. The first-order chi connectivity index (χ1) is 8.69. The maximum Gasteiger partial charge on any atom is 0.133 e. The van der Waals surface area contributed by atoms with Crippen LogP contribution in [0.2, 0.25) is 5.02 Å². The Morgan fingerprint density at radius 2 is 1.67 bits per heavy atom. The summed E-state index contributed by atoms with van der Waals surface area (Å²) in [5, 5.41) is 0.704. The van der Waals surface area contributed by atoms with Gasteiger partial charge in [0, 0.05) is 4.90 Å². The van der Waals surface area contributed by atoms with Crippen molar-refractivity contribution in [3.8, 4) is 5.75 Å². The molecule has 96 valence electrons. The Kier molecular flexibility index (Phi) is 7.44. The van der Waals surface area contributed by atoms with Crippen LogP contribution < -0.4 is 4.74 Å². The third kappa shape index (κ3) is 5.02. The predicted molar refractivity (Wildman–Crippen MR) is 83.4 cm³/mol. The summed E-state index contributed by atoms with van der Waals surface area (Å²) in [4.78, 5) is 1.78. The number of halogens is 2. The smallest absolute Gasteiger partial charge is 0.133 e. The first-order valence-electron chi connectivity index (χ1n) is 5.04. The van der Waals surface area contributed by atoms with E-state index < -0.39 is 0 Å². The highest BCUT2D eigenvalue weighted by molar-refractivity contribution is 8.21. The van der Waals surface area contributed by atoms with Gasteiger partial charge in [-0.3, -0.25) is 0 Å². The number of thiol groups is 1. The van der Waals surface area contributed by atoms with Gasteiger partial charge in [-0.25, -0.2) is 0 Å². The average Bonchev–Trinajstić information content (AvgIpc) is 2.42. The Morgan fingerprint density at radius 3 is 2.11 bits per heavy atom. The zero-order valence-electron chi connectivity index (χ0n) is 9.64. The van der Waals surface area contributed by atoms with E-state index in [0.29, 0.717) is 5.02 Å². The van der Waals surface area contributed by atoms with Crippen molar-refractivity contribution in [1.29, 1.82) is 0 Å². The highest BCUT2D eigenvalue weighted by atomic mass is 35.7. The van der Waals surface area contributed by atoms with E-state index in [1.165, 1.54) is 11.0 Å². The second-order valence-electron chi connectivity index (χ2n) is 3.18. The fraction of sp³-hybridized carbons (Fsp3) is 0.0769. The summed E-state index contributed by atoms with van der Waals surface area (Å²) < 4.78 is 5.03. The molecule has 0 spiro atoms. The maximum absolute atomic E-state index is 5.63. The van der Waals surface area contributed by atoms with Crippen LogP contribution in [-0.4, -0.2) is 7.11 Å². The molecule has 0 saturated carbocycles. The maximum atomic E-state index is 5.63. The lowest BCUT2D eigenvalue weighted by Crippen LogP contribution is -1.82.